The molecule has 0 N–H and O–H groups in total. The highest BCUT2D eigenvalue weighted by Crippen LogP contribution is 2.14. The molecule has 0 fully saturated rings. The van der Waals surface area contributed by atoms with Crippen molar-refractivity contribution in [3.8, 4) is 0 Å². The molecule has 0 radical (unpaired) electrons. The van der Waals surface area contributed by atoms with Gasteiger partial charge in [-0.05, 0) is 39.2 Å². The van der Waals surface area contributed by atoms with Gasteiger partial charge in [0, 0.05) is 12.1 Å². The van der Waals surface area contributed by atoms with E-state index in [1.807, 2.05) is 0 Å². The Bertz CT molecular complexity index is 108. The van der Waals surface area contributed by atoms with E-state index < -0.39 is 0 Å². The number of rotatable bonds is 7. The second kappa shape index (κ2) is 7.37. The molecule has 1 atom stereocenters. The lowest BCUT2D eigenvalue weighted by Gasteiger charge is -2.35. The van der Waals surface area contributed by atoms with Gasteiger partial charge in [-0.25, -0.2) is 0 Å². The summed E-state index contributed by atoms with van der Waals surface area (Å²) in [6.07, 6.45) is 5.14. The van der Waals surface area contributed by atoms with Gasteiger partial charge in [-0.15, -0.1) is 0 Å². The van der Waals surface area contributed by atoms with Crippen LogP contribution < -0.4 is 0 Å². The van der Waals surface area contributed by atoms with Crippen LogP contribution in [0.1, 0.15) is 60.3 Å². The molecule has 0 saturated heterocycles. The standard InChI is InChI=1S/C12H27N/c1-6-10-13(11(5)7-2)12(8-3)9-4/h11-12H,6-10H2,1-5H3. The monoisotopic (exact) mass is 185 g/mol. The number of hydrogen-bond acceptors (Lipinski definition) is 1. The van der Waals surface area contributed by atoms with E-state index in [-0.39, 0.29) is 0 Å². The Morgan fingerprint density at radius 1 is 0.923 bits per heavy atom. The third-order valence-corrected chi connectivity index (χ3v) is 3.05. The van der Waals surface area contributed by atoms with Crippen molar-refractivity contribution in [2.45, 2.75) is 72.4 Å². The molecular weight excluding hydrogens is 158 g/mol. The van der Waals surface area contributed by atoms with Gasteiger partial charge in [0.25, 0.3) is 0 Å². The van der Waals surface area contributed by atoms with E-state index in [1.54, 1.807) is 0 Å². The molecule has 0 rings (SSSR count). The van der Waals surface area contributed by atoms with Crippen LogP contribution in [-0.4, -0.2) is 23.5 Å². The average molecular weight is 185 g/mol. The second-order valence-electron chi connectivity index (χ2n) is 3.97. The molecule has 0 amide bonds. The van der Waals surface area contributed by atoms with E-state index in [4.69, 9.17) is 0 Å². The van der Waals surface area contributed by atoms with Crippen molar-refractivity contribution < 1.29 is 0 Å². The molecule has 1 nitrogen and oxygen atoms in total. The Labute approximate surface area is 84.5 Å². The fraction of sp³-hybridized carbons (Fsp3) is 1.00. The van der Waals surface area contributed by atoms with Gasteiger partial charge in [0.2, 0.25) is 0 Å². The van der Waals surface area contributed by atoms with Gasteiger partial charge in [-0.2, -0.15) is 0 Å². The molecule has 1 unspecified atom stereocenters. The summed E-state index contributed by atoms with van der Waals surface area (Å²) < 4.78 is 0. The predicted octanol–water partition coefficient (Wildman–Crippen LogP) is 3.69. The van der Waals surface area contributed by atoms with Crippen LogP contribution in [-0.2, 0) is 0 Å². The second-order valence-corrected chi connectivity index (χ2v) is 3.97. The van der Waals surface area contributed by atoms with Gasteiger partial charge in [0.15, 0.2) is 0 Å². The average Bonchev–Trinajstić information content (AvgIpc) is 2.17. The maximum atomic E-state index is 2.68. The zero-order chi connectivity index (χ0) is 10.3. The lowest BCUT2D eigenvalue weighted by atomic mass is 10.1. The maximum Gasteiger partial charge on any atom is 0.00928 e. The fourth-order valence-electron chi connectivity index (χ4n) is 2.01. The first-order valence-corrected chi connectivity index (χ1v) is 5.96. The van der Waals surface area contributed by atoms with Crippen LogP contribution in [0.4, 0.5) is 0 Å². The summed E-state index contributed by atoms with van der Waals surface area (Å²) in [5.41, 5.74) is 0. The summed E-state index contributed by atoms with van der Waals surface area (Å²) >= 11 is 0. The van der Waals surface area contributed by atoms with E-state index in [2.05, 4.69) is 39.5 Å². The molecule has 0 aliphatic heterocycles. The highest BCUT2D eigenvalue weighted by molar-refractivity contribution is 4.73. The van der Waals surface area contributed by atoms with Gasteiger partial charge in [-0.3, -0.25) is 4.90 Å². The van der Waals surface area contributed by atoms with E-state index in [0.29, 0.717) is 0 Å². The Kier molecular flexibility index (Phi) is 7.35. The molecule has 0 aromatic heterocycles. The van der Waals surface area contributed by atoms with E-state index >= 15 is 0 Å². The highest BCUT2D eigenvalue weighted by Gasteiger charge is 2.18. The van der Waals surface area contributed by atoms with E-state index in [1.165, 1.54) is 32.2 Å². The zero-order valence-electron chi connectivity index (χ0n) is 10.1. The fourth-order valence-corrected chi connectivity index (χ4v) is 2.01. The summed E-state index contributed by atoms with van der Waals surface area (Å²) in [6, 6.07) is 1.56. The quantitative estimate of drug-likeness (QED) is 0.585. The van der Waals surface area contributed by atoms with Crippen molar-refractivity contribution in [1.82, 2.24) is 4.90 Å². The molecule has 0 aliphatic carbocycles. The van der Waals surface area contributed by atoms with Crippen molar-refractivity contribution in [3.63, 3.8) is 0 Å². The first kappa shape index (κ1) is 13.0. The molecule has 0 bridgehead atoms. The van der Waals surface area contributed by atoms with Gasteiger partial charge in [-0.1, -0.05) is 27.7 Å². The smallest absolute Gasteiger partial charge is 0.00928 e. The summed E-state index contributed by atoms with van der Waals surface area (Å²) in [6.45, 7) is 12.8. The molecule has 0 heterocycles. The molecule has 1 heteroatoms. The van der Waals surface area contributed by atoms with Gasteiger partial charge >= 0.3 is 0 Å². The van der Waals surface area contributed by atoms with Gasteiger partial charge < -0.3 is 0 Å². The minimum absolute atomic E-state index is 0.754. The molecule has 0 aromatic carbocycles. The predicted molar refractivity (Wildman–Crippen MR) is 61.1 cm³/mol. The maximum absolute atomic E-state index is 2.68. The van der Waals surface area contributed by atoms with Gasteiger partial charge in [0.05, 0.1) is 0 Å². The third kappa shape index (κ3) is 4.12. The van der Waals surface area contributed by atoms with Crippen LogP contribution in [0.5, 0.6) is 0 Å². The lowest BCUT2D eigenvalue weighted by Crippen LogP contribution is -2.41. The molecule has 0 aromatic rings. The third-order valence-electron chi connectivity index (χ3n) is 3.05. The largest absolute Gasteiger partial charge is 0.298 e. The van der Waals surface area contributed by atoms with Crippen molar-refractivity contribution >= 4 is 0 Å². The molecule has 80 valence electrons. The summed E-state index contributed by atoms with van der Waals surface area (Å²) in [4.78, 5) is 2.68. The summed E-state index contributed by atoms with van der Waals surface area (Å²) in [5.74, 6) is 0. The molecule has 13 heavy (non-hydrogen) atoms. The molecule has 0 spiro atoms. The van der Waals surface area contributed by atoms with Crippen LogP contribution in [0, 0.1) is 0 Å². The van der Waals surface area contributed by atoms with E-state index in [0.717, 1.165) is 12.1 Å². The molecular formula is C12H27N. The number of nitrogens with zero attached hydrogens (tertiary/aromatic N) is 1. The van der Waals surface area contributed by atoms with Crippen molar-refractivity contribution in [1.29, 1.82) is 0 Å². The highest BCUT2D eigenvalue weighted by atomic mass is 15.2. The van der Waals surface area contributed by atoms with Gasteiger partial charge in [0.1, 0.15) is 0 Å². The van der Waals surface area contributed by atoms with Crippen molar-refractivity contribution in [3.05, 3.63) is 0 Å². The normalized spacial score (nSPS) is 14.1. The Morgan fingerprint density at radius 2 is 1.46 bits per heavy atom. The zero-order valence-corrected chi connectivity index (χ0v) is 10.1. The summed E-state index contributed by atoms with van der Waals surface area (Å²) in [7, 11) is 0. The Hall–Kier alpha value is -0.0400. The SMILES string of the molecule is CCCN(C(C)CC)C(CC)CC. The van der Waals surface area contributed by atoms with Crippen LogP contribution in [0.3, 0.4) is 0 Å². The first-order chi connectivity index (χ1) is 6.21. The number of hydrogen-bond donors (Lipinski definition) is 0. The summed E-state index contributed by atoms with van der Waals surface area (Å²) in [5, 5.41) is 0. The van der Waals surface area contributed by atoms with Crippen LogP contribution >= 0.6 is 0 Å². The Balaban J connectivity index is 4.19. The minimum Gasteiger partial charge on any atom is -0.298 e. The van der Waals surface area contributed by atoms with Crippen LogP contribution in [0.2, 0.25) is 0 Å². The molecule has 0 aliphatic rings. The van der Waals surface area contributed by atoms with E-state index in [9.17, 15) is 0 Å². The van der Waals surface area contributed by atoms with Crippen LogP contribution in [0.25, 0.3) is 0 Å². The molecule has 0 saturated carbocycles. The minimum atomic E-state index is 0.754. The Morgan fingerprint density at radius 3 is 1.77 bits per heavy atom. The van der Waals surface area contributed by atoms with Crippen LogP contribution in [0.15, 0.2) is 0 Å². The lowest BCUT2D eigenvalue weighted by molar-refractivity contribution is 0.132. The van der Waals surface area contributed by atoms with Crippen molar-refractivity contribution in [2.24, 2.45) is 0 Å². The topological polar surface area (TPSA) is 3.24 Å². The first-order valence-electron chi connectivity index (χ1n) is 5.96. The van der Waals surface area contributed by atoms with Crippen molar-refractivity contribution in [2.75, 3.05) is 6.54 Å².